The summed E-state index contributed by atoms with van der Waals surface area (Å²) in [5.41, 5.74) is 8.81. The SMILES string of the molecule is CC(Nc1nc(-c2cccc(-c3cncc(CN4CCN(c5nc(-c6ccccn6)nc6scc(-c7ccccc7)c56)CC4)c3)n2)nc2scc(-c3ccccc3)c12)c1nncn1C. The first kappa shape index (κ1) is 39.5. The van der Waals surface area contributed by atoms with Crippen molar-refractivity contribution in [1.82, 2.24) is 54.6 Å². The third-order valence-corrected chi connectivity index (χ3v) is 13.3. The zero-order valence-corrected chi connectivity index (χ0v) is 36.7. The molecule has 8 aromatic heterocycles. The minimum atomic E-state index is -0.167. The van der Waals surface area contributed by atoms with Gasteiger partial charge in [-0.1, -0.05) is 72.8 Å². The molecular weight excluding hydrogens is 835 g/mol. The molecule has 10 aromatic rings. The lowest BCUT2D eigenvalue weighted by Crippen LogP contribution is -2.46. The van der Waals surface area contributed by atoms with Gasteiger partial charge >= 0.3 is 0 Å². The largest absolute Gasteiger partial charge is 0.360 e. The van der Waals surface area contributed by atoms with Gasteiger partial charge in [-0.05, 0) is 53.9 Å². The molecule has 0 saturated carbocycles. The van der Waals surface area contributed by atoms with Gasteiger partial charge in [-0.15, -0.1) is 32.9 Å². The molecule has 1 aliphatic heterocycles. The number of nitrogens with zero attached hydrogens (tertiary/aromatic N) is 12. The average molecular weight is 876 g/mol. The Morgan fingerprint density at radius 2 is 1.33 bits per heavy atom. The van der Waals surface area contributed by atoms with Crippen LogP contribution in [0.3, 0.4) is 0 Å². The normalized spacial score (nSPS) is 13.8. The van der Waals surface area contributed by atoms with E-state index in [1.807, 2.05) is 84.7 Å². The highest BCUT2D eigenvalue weighted by Gasteiger charge is 2.25. The summed E-state index contributed by atoms with van der Waals surface area (Å²) in [6, 6.07) is 34.8. The van der Waals surface area contributed by atoms with Crippen LogP contribution in [0.5, 0.6) is 0 Å². The van der Waals surface area contributed by atoms with Gasteiger partial charge < -0.3 is 14.8 Å². The van der Waals surface area contributed by atoms with E-state index in [4.69, 9.17) is 29.9 Å². The fourth-order valence-electron chi connectivity index (χ4n) is 8.35. The van der Waals surface area contributed by atoms with Crippen LogP contribution in [-0.2, 0) is 13.6 Å². The Labute approximate surface area is 377 Å². The van der Waals surface area contributed by atoms with Crippen molar-refractivity contribution in [3.05, 3.63) is 150 Å². The van der Waals surface area contributed by atoms with Gasteiger partial charge in [0.15, 0.2) is 17.5 Å². The summed E-state index contributed by atoms with van der Waals surface area (Å²) in [5.74, 6) is 3.67. The number of fused-ring (bicyclic) bond motifs is 2. The Hall–Kier alpha value is -7.33. The molecule has 314 valence electrons. The molecule has 64 heavy (non-hydrogen) atoms. The van der Waals surface area contributed by atoms with Gasteiger partial charge in [0, 0.05) is 85.8 Å². The van der Waals surface area contributed by atoms with Gasteiger partial charge in [0.25, 0.3) is 0 Å². The minimum Gasteiger partial charge on any atom is -0.360 e. The number of rotatable bonds is 11. The molecule has 0 bridgehead atoms. The highest BCUT2D eigenvalue weighted by atomic mass is 32.1. The summed E-state index contributed by atoms with van der Waals surface area (Å²) in [4.78, 5) is 41.6. The van der Waals surface area contributed by atoms with Crippen LogP contribution in [0.4, 0.5) is 11.6 Å². The molecule has 13 nitrogen and oxygen atoms in total. The van der Waals surface area contributed by atoms with E-state index in [1.165, 1.54) is 0 Å². The molecule has 1 saturated heterocycles. The van der Waals surface area contributed by atoms with Crippen molar-refractivity contribution < 1.29 is 0 Å². The summed E-state index contributed by atoms with van der Waals surface area (Å²) in [6.45, 7) is 6.21. The van der Waals surface area contributed by atoms with Crippen molar-refractivity contribution in [1.29, 1.82) is 0 Å². The molecule has 1 N–H and O–H groups in total. The minimum absolute atomic E-state index is 0.167. The molecule has 0 spiro atoms. The molecule has 1 unspecified atom stereocenters. The van der Waals surface area contributed by atoms with E-state index < -0.39 is 0 Å². The number of aryl methyl sites for hydroxylation is 1. The van der Waals surface area contributed by atoms with E-state index in [0.717, 1.165) is 115 Å². The molecule has 9 heterocycles. The molecule has 0 amide bonds. The molecule has 0 radical (unpaired) electrons. The maximum atomic E-state index is 5.20. The topological polar surface area (TPSA) is 139 Å². The van der Waals surface area contributed by atoms with Crippen LogP contribution in [0.2, 0.25) is 0 Å². The highest BCUT2D eigenvalue weighted by Crippen LogP contribution is 2.41. The lowest BCUT2D eigenvalue weighted by atomic mass is 10.1. The molecule has 11 rings (SSSR count). The van der Waals surface area contributed by atoms with Crippen LogP contribution in [0, 0.1) is 0 Å². The Balaban J connectivity index is 0.848. The zero-order valence-electron chi connectivity index (χ0n) is 35.1. The summed E-state index contributed by atoms with van der Waals surface area (Å²) >= 11 is 3.26. The van der Waals surface area contributed by atoms with E-state index in [-0.39, 0.29) is 6.04 Å². The van der Waals surface area contributed by atoms with Gasteiger partial charge in [0.2, 0.25) is 0 Å². The van der Waals surface area contributed by atoms with Crippen molar-refractivity contribution in [2.24, 2.45) is 7.05 Å². The number of pyridine rings is 3. The Morgan fingerprint density at radius 3 is 2.03 bits per heavy atom. The standard InChI is InChI=1S/C49H41N13S2/c1-31(46-59-52-30-60(46)2)53-45-41-36(33-12-5-3-6-13-33)28-63-48(41)58-44(55-45)40-18-11-17-38(54-40)35-24-32(25-50-26-35)27-61-20-22-62(23-21-61)47-42-37(34-14-7-4-8-15-34)29-64-49(42)57-43(56-47)39-16-9-10-19-51-39/h3-19,24-26,28-31H,20-23,27H2,1-2H3,(H,53,55,58). The lowest BCUT2D eigenvalue weighted by Gasteiger charge is -2.36. The van der Waals surface area contributed by atoms with Gasteiger partial charge in [-0.2, -0.15) is 0 Å². The predicted octanol–water partition coefficient (Wildman–Crippen LogP) is 9.84. The van der Waals surface area contributed by atoms with Crippen LogP contribution in [0.15, 0.2) is 139 Å². The quantitative estimate of drug-likeness (QED) is 0.132. The number of hydrogen-bond donors (Lipinski definition) is 1. The van der Waals surface area contributed by atoms with Gasteiger partial charge in [0.1, 0.15) is 39.0 Å². The van der Waals surface area contributed by atoms with E-state index in [9.17, 15) is 0 Å². The number of nitrogens with one attached hydrogen (secondary N) is 1. The first-order valence-corrected chi connectivity index (χ1v) is 22.9. The van der Waals surface area contributed by atoms with Crippen LogP contribution in [-0.4, -0.2) is 80.7 Å². The van der Waals surface area contributed by atoms with E-state index in [2.05, 4.69) is 90.4 Å². The molecule has 0 aliphatic carbocycles. The second-order valence-electron chi connectivity index (χ2n) is 15.8. The van der Waals surface area contributed by atoms with Crippen molar-refractivity contribution in [2.75, 3.05) is 36.4 Å². The van der Waals surface area contributed by atoms with Crippen LogP contribution in [0.25, 0.3) is 77.0 Å². The number of aromatic nitrogens is 10. The number of benzene rings is 2. The average Bonchev–Trinajstić information content (AvgIpc) is 4.11. The Morgan fingerprint density at radius 1 is 0.656 bits per heavy atom. The van der Waals surface area contributed by atoms with E-state index in [0.29, 0.717) is 17.3 Å². The first-order chi connectivity index (χ1) is 31.5. The van der Waals surface area contributed by atoms with Gasteiger partial charge in [0.05, 0.1) is 22.5 Å². The number of thiophene rings is 2. The Kier molecular flexibility index (Phi) is 10.6. The van der Waals surface area contributed by atoms with Crippen LogP contribution in [0.1, 0.15) is 24.4 Å². The third kappa shape index (κ3) is 7.74. The molecule has 2 aromatic carbocycles. The molecule has 1 atom stereocenters. The molecule has 1 aliphatic rings. The third-order valence-electron chi connectivity index (χ3n) is 11.5. The van der Waals surface area contributed by atoms with Crippen molar-refractivity contribution in [3.8, 4) is 56.5 Å². The predicted molar refractivity (Wildman–Crippen MR) is 256 cm³/mol. The highest BCUT2D eigenvalue weighted by molar-refractivity contribution is 7.17. The molecule has 1 fully saturated rings. The first-order valence-electron chi connectivity index (χ1n) is 21.1. The van der Waals surface area contributed by atoms with E-state index in [1.54, 1.807) is 35.2 Å². The fraction of sp³-hybridized carbons (Fsp3) is 0.163. The lowest BCUT2D eigenvalue weighted by molar-refractivity contribution is 0.249. The Bertz CT molecular complexity index is 3230. The van der Waals surface area contributed by atoms with E-state index >= 15 is 0 Å². The van der Waals surface area contributed by atoms with Gasteiger partial charge in [-0.3, -0.25) is 14.9 Å². The second-order valence-corrected chi connectivity index (χ2v) is 17.5. The molecular formula is C49H41N13S2. The summed E-state index contributed by atoms with van der Waals surface area (Å²) in [5, 5.41) is 18.5. The van der Waals surface area contributed by atoms with Crippen LogP contribution >= 0.6 is 22.7 Å². The second kappa shape index (κ2) is 17.1. The van der Waals surface area contributed by atoms with Crippen molar-refractivity contribution in [3.63, 3.8) is 0 Å². The fourth-order valence-corrected chi connectivity index (χ4v) is 10.2. The number of anilines is 2. The monoisotopic (exact) mass is 875 g/mol. The smallest absolute Gasteiger partial charge is 0.181 e. The maximum absolute atomic E-state index is 5.20. The summed E-state index contributed by atoms with van der Waals surface area (Å²) in [7, 11) is 1.94. The van der Waals surface area contributed by atoms with Crippen molar-refractivity contribution >= 4 is 54.7 Å². The summed E-state index contributed by atoms with van der Waals surface area (Å²) in [6.07, 6.45) is 7.33. The summed E-state index contributed by atoms with van der Waals surface area (Å²) < 4.78 is 1.92. The van der Waals surface area contributed by atoms with Crippen molar-refractivity contribution in [2.45, 2.75) is 19.5 Å². The molecule has 15 heteroatoms. The van der Waals surface area contributed by atoms with Crippen LogP contribution < -0.4 is 10.2 Å². The number of piperazine rings is 1. The zero-order chi connectivity index (χ0) is 43.0. The number of hydrogen-bond acceptors (Lipinski definition) is 14. The van der Waals surface area contributed by atoms with Gasteiger partial charge in [-0.25, -0.2) is 24.9 Å². The maximum Gasteiger partial charge on any atom is 0.181 e.